The minimum atomic E-state index is -0.102. The van der Waals surface area contributed by atoms with Crippen LogP contribution in [0.4, 0.5) is 0 Å². The molecule has 4 unspecified atom stereocenters. The van der Waals surface area contributed by atoms with Crippen molar-refractivity contribution in [1.82, 2.24) is 10.2 Å². The van der Waals surface area contributed by atoms with Gasteiger partial charge in [-0.1, -0.05) is 6.92 Å². The lowest BCUT2D eigenvalue weighted by Gasteiger charge is -2.34. The van der Waals surface area contributed by atoms with E-state index in [1.807, 2.05) is 13.8 Å². The number of nitrogens with zero attached hydrogens (tertiary/aromatic N) is 1. The summed E-state index contributed by atoms with van der Waals surface area (Å²) in [7, 11) is 4.22. The highest BCUT2D eigenvalue weighted by molar-refractivity contribution is 5.85. The van der Waals surface area contributed by atoms with Gasteiger partial charge < -0.3 is 16.0 Å². The molecule has 6 heteroatoms. The van der Waals surface area contributed by atoms with Crippen molar-refractivity contribution >= 4 is 30.7 Å². The first-order chi connectivity index (χ1) is 7.91. The number of nitrogens with one attached hydrogen (secondary N) is 1. The summed E-state index contributed by atoms with van der Waals surface area (Å²) >= 11 is 0. The molecule has 116 valence electrons. The van der Waals surface area contributed by atoms with Gasteiger partial charge in [0, 0.05) is 24.0 Å². The van der Waals surface area contributed by atoms with Crippen LogP contribution >= 0.6 is 24.8 Å². The molecule has 0 bridgehead atoms. The molecule has 1 saturated carbocycles. The zero-order valence-corrected chi connectivity index (χ0v) is 14.0. The Kier molecular flexibility index (Phi) is 11.0. The van der Waals surface area contributed by atoms with Crippen LogP contribution in [-0.4, -0.2) is 43.0 Å². The Labute approximate surface area is 129 Å². The number of carbonyl (C=O) groups is 1. The summed E-state index contributed by atoms with van der Waals surface area (Å²) in [6.07, 6.45) is 4.59. The van der Waals surface area contributed by atoms with Crippen molar-refractivity contribution in [2.45, 2.75) is 57.7 Å². The predicted octanol–water partition coefficient (Wildman–Crippen LogP) is 1.80. The van der Waals surface area contributed by atoms with Gasteiger partial charge in [0.2, 0.25) is 5.91 Å². The fraction of sp³-hybridized carbons (Fsp3) is 0.923. The molecule has 0 aromatic rings. The molecule has 1 rings (SSSR count). The molecule has 4 atom stereocenters. The number of rotatable bonds is 4. The lowest BCUT2D eigenvalue weighted by molar-refractivity contribution is -0.126. The van der Waals surface area contributed by atoms with E-state index in [2.05, 4.69) is 24.3 Å². The maximum absolute atomic E-state index is 11.9. The van der Waals surface area contributed by atoms with Crippen LogP contribution in [0.15, 0.2) is 0 Å². The van der Waals surface area contributed by atoms with Gasteiger partial charge >= 0.3 is 0 Å². The van der Waals surface area contributed by atoms with Crippen LogP contribution in [0.1, 0.15) is 39.5 Å². The van der Waals surface area contributed by atoms with Crippen molar-refractivity contribution in [2.24, 2.45) is 11.7 Å². The van der Waals surface area contributed by atoms with Gasteiger partial charge in [-0.15, -0.1) is 24.8 Å². The van der Waals surface area contributed by atoms with Gasteiger partial charge in [0.25, 0.3) is 0 Å². The summed E-state index contributed by atoms with van der Waals surface area (Å²) in [5, 5.41) is 3.14. The average molecular weight is 314 g/mol. The van der Waals surface area contributed by atoms with Crippen molar-refractivity contribution in [3.63, 3.8) is 0 Å². The van der Waals surface area contributed by atoms with Gasteiger partial charge in [-0.2, -0.15) is 0 Å². The number of halogens is 2. The third kappa shape index (κ3) is 6.80. The molecule has 0 spiro atoms. The maximum atomic E-state index is 11.9. The first kappa shape index (κ1) is 21.3. The first-order valence-electron chi connectivity index (χ1n) is 6.64. The van der Waals surface area contributed by atoms with Crippen LogP contribution in [0.25, 0.3) is 0 Å². The molecule has 0 aromatic carbocycles. The molecule has 1 amide bonds. The Morgan fingerprint density at radius 1 is 1.26 bits per heavy atom. The molecule has 0 aliphatic heterocycles. The van der Waals surface area contributed by atoms with E-state index in [1.54, 1.807) is 0 Å². The minimum Gasteiger partial charge on any atom is -0.353 e. The van der Waals surface area contributed by atoms with Crippen molar-refractivity contribution in [3.05, 3.63) is 0 Å². The second kappa shape index (κ2) is 9.81. The fourth-order valence-corrected chi connectivity index (χ4v) is 2.34. The smallest absolute Gasteiger partial charge is 0.224 e. The third-order valence-corrected chi connectivity index (χ3v) is 3.93. The van der Waals surface area contributed by atoms with Crippen molar-refractivity contribution < 1.29 is 4.79 Å². The summed E-state index contributed by atoms with van der Waals surface area (Å²) < 4.78 is 0. The van der Waals surface area contributed by atoms with Crippen LogP contribution in [0.5, 0.6) is 0 Å². The highest BCUT2D eigenvalue weighted by Crippen LogP contribution is 2.21. The molecule has 4 nitrogen and oxygen atoms in total. The largest absolute Gasteiger partial charge is 0.353 e. The summed E-state index contributed by atoms with van der Waals surface area (Å²) in [4.78, 5) is 14.2. The zero-order valence-electron chi connectivity index (χ0n) is 12.4. The van der Waals surface area contributed by atoms with Crippen molar-refractivity contribution in [3.8, 4) is 0 Å². The van der Waals surface area contributed by atoms with E-state index in [9.17, 15) is 4.79 Å². The second-order valence-corrected chi connectivity index (χ2v) is 5.64. The first-order valence-corrected chi connectivity index (χ1v) is 6.64. The molecule has 3 N–H and O–H groups in total. The Morgan fingerprint density at radius 3 is 2.32 bits per heavy atom. The van der Waals surface area contributed by atoms with E-state index in [-0.39, 0.29) is 42.7 Å². The van der Waals surface area contributed by atoms with Crippen LogP contribution in [0.3, 0.4) is 0 Å². The van der Waals surface area contributed by atoms with Gasteiger partial charge in [-0.05, 0) is 46.7 Å². The van der Waals surface area contributed by atoms with Crippen molar-refractivity contribution in [2.75, 3.05) is 14.1 Å². The van der Waals surface area contributed by atoms with E-state index in [1.165, 1.54) is 12.8 Å². The zero-order chi connectivity index (χ0) is 13.0. The van der Waals surface area contributed by atoms with Crippen molar-refractivity contribution in [1.29, 1.82) is 0 Å². The molecule has 0 heterocycles. The Balaban J connectivity index is 0. The third-order valence-electron chi connectivity index (χ3n) is 3.93. The highest BCUT2D eigenvalue weighted by Gasteiger charge is 2.26. The lowest BCUT2D eigenvalue weighted by Crippen LogP contribution is -2.47. The molecule has 0 radical (unpaired) electrons. The van der Waals surface area contributed by atoms with Crippen LogP contribution in [0.2, 0.25) is 0 Å². The van der Waals surface area contributed by atoms with Gasteiger partial charge in [0.05, 0.1) is 0 Å². The lowest BCUT2D eigenvalue weighted by atomic mass is 9.89. The molecule has 1 fully saturated rings. The van der Waals surface area contributed by atoms with E-state index < -0.39 is 0 Å². The molecule has 19 heavy (non-hydrogen) atoms. The van der Waals surface area contributed by atoms with E-state index in [0.717, 1.165) is 12.8 Å². The van der Waals surface area contributed by atoms with Crippen LogP contribution < -0.4 is 11.1 Å². The summed E-state index contributed by atoms with van der Waals surface area (Å²) in [5.41, 5.74) is 5.75. The van der Waals surface area contributed by atoms with Gasteiger partial charge in [0.1, 0.15) is 0 Å². The number of hydrogen-bond donors (Lipinski definition) is 2. The topological polar surface area (TPSA) is 58.4 Å². The quantitative estimate of drug-likeness (QED) is 0.832. The van der Waals surface area contributed by atoms with Gasteiger partial charge in [-0.25, -0.2) is 0 Å². The standard InChI is InChI=1S/C13H27N3O.2ClH/c1-9(10(2)14)13(17)15-11-6-5-7-12(8-11)16(3)4;;/h9-12H,5-8,14H2,1-4H3,(H,15,17);2*1H. The molecule has 1 aliphatic carbocycles. The van der Waals surface area contributed by atoms with Gasteiger partial charge in [0.15, 0.2) is 0 Å². The average Bonchev–Trinajstić information content (AvgIpc) is 2.28. The van der Waals surface area contributed by atoms with E-state index in [0.29, 0.717) is 12.1 Å². The number of nitrogens with two attached hydrogens (primary N) is 1. The molecule has 1 aliphatic rings. The Hall–Kier alpha value is -0.0300. The SMILES string of the molecule is CC(N)C(C)C(=O)NC1CCCC(N(C)C)C1.Cl.Cl. The Bertz CT molecular complexity index is 262. The Morgan fingerprint density at radius 2 is 1.84 bits per heavy atom. The predicted molar refractivity (Wildman–Crippen MR) is 85.2 cm³/mol. The minimum absolute atomic E-state index is 0. The maximum Gasteiger partial charge on any atom is 0.224 e. The fourth-order valence-electron chi connectivity index (χ4n) is 2.34. The van der Waals surface area contributed by atoms with Crippen LogP contribution in [-0.2, 0) is 4.79 Å². The molecular formula is C13H29Cl2N3O. The summed E-state index contributed by atoms with van der Waals surface area (Å²) in [5.74, 6) is -0.000797. The number of amides is 1. The van der Waals surface area contributed by atoms with E-state index >= 15 is 0 Å². The monoisotopic (exact) mass is 313 g/mol. The summed E-state index contributed by atoms with van der Waals surface area (Å²) in [6, 6.07) is 0.841. The van der Waals surface area contributed by atoms with E-state index in [4.69, 9.17) is 5.73 Å². The number of carbonyl (C=O) groups excluding carboxylic acids is 1. The molecular weight excluding hydrogens is 285 g/mol. The molecule has 0 aromatic heterocycles. The molecule has 0 saturated heterocycles. The normalized spacial score (nSPS) is 25.8. The summed E-state index contributed by atoms with van der Waals surface area (Å²) in [6.45, 7) is 3.78. The number of hydrogen-bond acceptors (Lipinski definition) is 3. The van der Waals surface area contributed by atoms with Crippen LogP contribution in [0, 0.1) is 5.92 Å². The van der Waals surface area contributed by atoms with Gasteiger partial charge in [-0.3, -0.25) is 4.79 Å². The highest BCUT2D eigenvalue weighted by atomic mass is 35.5. The second-order valence-electron chi connectivity index (χ2n) is 5.64.